The van der Waals surface area contributed by atoms with E-state index >= 15 is 0 Å². The van der Waals surface area contributed by atoms with Crippen molar-refractivity contribution < 1.29 is 9.50 Å². The maximum atomic E-state index is 12.4. The minimum Gasteiger partial charge on any atom is -0.505 e. The van der Waals surface area contributed by atoms with Gasteiger partial charge in [0.2, 0.25) is 0 Å². The van der Waals surface area contributed by atoms with Gasteiger partial charge in [-0.25, -0.2) is 4.39 Å². The van der Waals surface area contributed by atoms with Gasteiger partial charge < -0.3 is 5.11 Å². The molecule has 0 heterocycles. The van der Waals surface area contributed by atoms with Crippen LogP contribution >= 0.6 is 23.2 Å². The Morgan fingerprint density at radius 3 is 2.23 bits per heavy atom. The Morgan fingerprint density at radius 2 is 1.85 bits per heavy atom. The fraction of sp³-hybridized carbons (Fsp3) is 0.111. The number of aromatic hydroxyl groups is 1. The molecular formula is C9H7Cl2FO. The van der Waals surface area contributed by atoms with Crippen LogP contribution in [0.25, 0.3) is 0 Å². The van der Waals surface area contributed by atoms with E-state index in [2.05, 4.69) is 6.58 Å². The van der Waals surface area contributed by atoms with Crippen LogP contribution in [-0.4, -0.2) is 5.11 Å². The van der Waals surface area contributed by atoms with Crippen LogP contribution in [0.4, 0.5) is 4.39 Å². The fourth-order valence-electron chi connectivity index (χ4n) is 0.942. The molecule has 0 amide bonds. The number of phenols is 1. The van der Waals surface area contributed by atoms with Gasteiger partial charge in [0, 0.05) is 6.42 Å². The highest BCUT2D eigenvalue weighted by atomic mass is 35.5. The minimum atomic E-state index is -0.474. The van der Waals surface area contributed by atoms with E-state index in [0.29, 0.717) is 5.56 Å². The summed E-state index contributed by atoms with van der Waals surface area (Å²) in [6, 6.07) is 2.90. The Kier molecular flexibility index (Phi) is 3.17. The number of allylic oxidation sites excluding steroid dienone is 1. The first kappa shape index (κ1) is 10.4. The van der Waals surface area contributed by atoms with E-state index in [9.17, 15) is 9.50 Å². The van der Waals surface area contributed by atoms with Crippen molar-refractivity contribution in [2.24, 2.45) is 0 Å². The third-order valence-electron chi connectivity index (χ3n) is 1.47. The van der Waals surface area contributed by atoms with E-state index in [1.807, 2.05) is 0 Å². The first-order valence-electron chi connectivity index (χ1n) is 3.51. The summed E-state index contributed by atoms with van der Waals surface area (Å²) >= 11 is 11.2. The molecule has 0 aliphatic rings. The van der Waals surface area contributed by atoms with Crippen molar-refractivity contribution in [2.75, 3.05) is 0 Å². The van der Waals surface area contributed by atoms with Crippen molar-refractivity contribution in [2.45, 2.75) is 6.42 Å². The van der Waals surface area contributed by atoms with E-state index in [4.69, 9.17) is 23.2 Å². The Balaban J connectivity index is 3.06. The van der Waals surface area contributed by atoms with Gasteiger partial charge >= 0.3 is 0 Å². The summed E-state index contributed by atoms with van der Waals surface area (Å²) in [4.78, 5) is 0. The van der Waals surface area contributed by atoms with Crippen molar-refractivity contribution in [3.05, 3.63) is 40.1 Å². The predicted octanol–water partition coefficient (Wildman–Crippen LogP) is 3.72. The molecule has 0 saturated heterocycles. The lowest BCUT2D eigenvalue weighted by Gasteiger charge is -2.03. The van der Waals surface area contributed by atoms with Crippen molar-refractivity contribution in [3.8, 4) is 5.75 Å². The lowest BCUT2D eigenvalue weighted by Crippen LogP contribution is -1.85. The largest absolute Gasteiger partial charge is 0.505 e. The van der Waals surface area contributed by atoms with Gasteiger partial charge in [-0.2, -0.15) is 0 Å². The van der Waals surface area contributed by atoms with Crippen LogP contribution in [-0.2, 0) is 6.42 Å². The van der Waals surface area contributed by atoms with Crippen LogP contribution in [0.2, 0.25) is 10.0 Å². The molecule has 1 aromatic carbocycles. The van der Waals surface area contributed by atoms with Crippen LogP contribution in [0.1, 0.15) is 5.56 Å². The van der Waals surface area contributed by atoms with Crippen molar-refractivity contribution in [3.63, 3.8) is 0 Å². The molecule has 0 atom stereocenters. The zero-order valence-electron chi connectivity index (χ0n) is 6.65. The number of benzene rings is 1. The average molecular weight is 221 g/mol. The molecule has 0 fully saturated rings. The monoisotopic (exact) mass is 220 g/mol. The van der Waals surface area contributed by atoms with E-state index in [1.165, 1.54) is 12.1 Å². The fourth-order valence-corrected chi connectivity index (χ4v) is 1.47. The lowest BCUT2D eigenvalue weighted by atomic mass is 10.1. The maximum absolute atomic E-state index is 12.4. The Labute approximate surface area is 85.4 Å². The van der Waals surface area contributed by atoms with Crippen LogP contribution in [0, 0.1) is 0 Å². The van der Waals surface area contributed by atoms with Gasteiger partial charge in [-0.3, -0.25) is 0 Å². The van der Waals surface area contributed by atoms with Crippen molar-refractivity contribution in [1.82, 2.24) is 0 Å². The zero-order chi connectivity index (χ0) is 10.0. The molecule has 1 N–H and O–H groups in total. The predicted molar refractivity (Wildman–Crippen MR) is 52.1 cm³/mol. The quantitative estimate of drug-likeness (QED) is 0.806. The highest BCUT2D eigenvalue weighted by Crippen LogP contribution is 2.33. The van der Waals surface area contributed by atoms with Gasteiger partial charge in [-0.1, -0.05) is 29.8 Å². The number of phenolic OH excluding ortho intramolecular Hbond substituents is 1. The molecule has 13 heavy (non-hydrogen) atoms. The maximum Gasteiger partial charge on any atom is 0.152 e. The normalized spacial score (nSPS) is 10.1. The van der Waals surface area contributed by atoms with Crippen molar-refractivity contribution >= 4 is 23.2 Å². The first-order valence-corrected chi connectivity index (χ1v) is 4.26. The lowest BCUT2D eigenvalue weighted by molar-refractivity contribution is 0.475. The molecule has 0 aromatic heterocycles. The number of rotatable bonds is 2. The van der Waals surface area contributed by atoms with Gasteiger partial charge in [0.25, 0.3) is 0 Å². The minimum absolute atomic E-state index is 0.0553. The topological polar surface area (TPSA) is 20.2 Å². The second-order valence-corrected chi connectivity index (χ2v) is 3.42. The van der Waals surface area contributed by atoms with Crippen molar-refractivity contribution in [1.29, 1.82) is 0 Å². The first-order chi connectivity index (χ1) is 6.00. The molecule has 0 aliphatic heterocycles. The molecule has 1 nitrogen and oxygen atoms in total. The van der Waals surface area contributed by atoms with Gasteiger partial charge in [0.1, 0.15) is 0 Å². The third-order valence-corrected chi connectivity index (χ3v) is 2.05. The molecule has 0 spiro atoms. The van der Waals surface area contributed by atoms with Crippen LogP contribution in [0.3, 0.4) is 0 Å². The Morgan fingerprint density at radius 1 is 1.38 bits per heavy atom. The standard InChI is InChI=1S/C9H7Cl2FO/c1-5(12)2-6-3-7(10)9(13)8(11)4-6/h3-4,13H,1-2H2. The van der Waals surface area contributed by atoms with E-state index in [0.717, 1.165) is 0 Å². The third kappa shape index (κ3) is 2.61. The molecule has 0 aliphatic carbocycles. The van der Waals surface area contributed by atoms with E-state index in [-0.39, 0.29) is 22.2 Å². The molecule has 0 bridgehead atoms. The summed E-state index contributed by atoms with van der Waals surface area (Å²) in [5, 5.41) is 9.41. The molecule has 4 heteroatoms. The second kappa shape index (κ2) is 3.99. The van der Waals surface area contributed by atoms with E-state index in [1.54, 1.807) is 0 Å². The molecule has 70 valence electrons. The summed E-state index contributed by atoms with van der Waals surface area (Å²) in [6.45, 7) is 3.12. The summed E-state index contributed by atoms with van der Waals surface area (Å²) in [5.41, 5.74) is 0.584. The highest BCUT2D eigenvalue weighted by molar-refractivity contribution is 6.37. The number of halogens is 3. The average Bonchev–Trinajstić information content (AvgIpc) is 1.98. The smallest absolute Gasteiger partial charge is 0.152 e. The van der Waals surface area contributed by atoms with Gasteiger partial charge in [-0.15, -0.1) is 0 Å². The van der Waals surface area contributed by atoms with Crippen LogP contribution < -0.4 is 0 Å². The summed E-state index contributed by atoms with van der Waals surface area (Å²) in [6.07, 6.45) is 0.0553. The molecule has 1 aromatic rings. The zero-order valence-corrected chi connectivity index (χ0v) is 8.16. The SMILES string of the molecule is C=C(F)Cc1cc(Cl)c(O)c(Cl)c1. The van der Waals surface area contributed by atoms with Crippen LogP contribution in [0.5, 0.6) is 5.75 Å². The summed E-state index contributed by atoms with van der Waals surface area (Å²) < 4.78 is 12.4. The van der Waals surface area contributed by atoms with Gasteiger partial charge in [-0.05, 0) is 17.7 Å². The molecule has 1 rings (SSSR count). The summed E-state index contributed by atoms with van der Waals surface area (Å²) in [7, 11) is 0. The summed E-state index contributed by atoms with van der Waals surface area (Å²) in [5.74, 6) is -0.658. The Bertz CT molecular complexity index is 326. The second-order valence-electron chi connectivity index (χ2n) is 2.60. The highest BCUT2D eigenvalue weighted by Gasteiger charge is 2.07. The van der Waals surface area contributed by atoms with E-state index < -0.39 is 5.83 Å². The molecule has 0 radical (unpaired) electrons. The Hall–Kier alpha value is -0.730. The molecule has 0 unspecified atom stereocenters. The molecule has 0 saturated carbocycles. The van der Waals surface area contributed by atoms with Gasteiger partial charge in [0.15, 0.2) is 5.75 Å². The number of hydrogen-bond donors (Lipinski definition) is 1. The molecular weight excluding hydrogens is 214 g/mol. The van der Waals surface area contributed by atoms with Gasteiger partial charge in [0.05, 0.1) is 15.9 Å². The number of hydrogen-bond acceptors (Lipinski definition) is 1. The van der Waals surface area contributed by atoms with Crippen LogP contribution in [0.15, 0.2) is 24.5 Å².